The molecule has 0 spiro atoms. The van der Waals surface area contributed by atoms with E-state index in [0.29, 0.717) is 25.7 Å². The highest BCUT2D eigenvalue weighted by Gasteiger charge is 2.46. The standard InChI is InChI=1S/C19H28FN3O2.HI/c1-21-17(22-12-18(8-10-24)9-11-25-14-18)23-13-19(6-7-19)15-4-2-3-5-16(15)20;/h2-5,24H,6-14H2,1H3,(H2,21,22,23);1H. The van der Waals surface area contributed by atoms with Crippen LogP contribution in [0.2, 0.25) is 0 Å². The fourth-order valence-electron chi connectivity index (χ4n) is 3.64. The molecule has 1 aromatic rings. The summed E-state index contributed by atoms with van der Waals surface area (Å²) >= 11 is 0. The molecule has 146 valence electrons. The van der Waals surface area contributed by atoms with Crippen LogP contribution < -0.4 is 10.6 Å². The van der Waals surface area contributed by atoms with Crippen molar-refractivity contribution in [3.05, 3.63) is 35.6 Å². The monoisotopic (exact) mass is 477 g/mol. The molecule has 1 saturated carbocycles. The van der Waals surface area contributed by atoms with E-state index in [4.69, 9.17) is 4.74 Å². The molecule has 1 atom stereocenters. The maximum atomic E-state index is 14.1. The molecular formula is C19H29FIN3O2. The van der Waals surface area contributed by atoms with Crippen LogP contribution >= 0.6 is 24.0 Å². The first-order chi connectivity index (χ1) is 12.1. The zero-order valence-corrected chi connectivity index (χ0v) is 17.6. The summed E-state index contributed by atoms with van der Waals surface area (Å²) in [5, 5.41) is 16.0. The van der Waals surface area contributed by atoms with Crippen LogP contribution in [0.4, 0.5) is 4.39 Å². The summed E-state index contributed by atoms with van der Waals surface area (Å²) in [6, 6.07) is 7.03. The molecule has 1 aliphatic heterocycles. The van der Waals surface area contributed by atoms with Crippen LogP contribution in [0, 0.1) is 11.2 Å². The second-order valence-electron chi connectivity index (χ2n) is 7.32. The van der Waals surface area contributed by atoms with E-state index in [2.05, 4.69) is 15.6 Å². The quantitative estimate of drug-likeness (QED) is 0.321. The van der Waals surface area contributed by atoms with Gasteiger partial charge < -0.3 is 20.5 Å². The van der Waals surface area contributed by atoms with Crippen molar-refractivity contribution in [1.29, 1.82) is 0 Å². The highest BCUT2D eigenvalue weighted by molar-refractivity contribution is 14.0. The predicted octanol–water partition coefficient (Wildman–Crippen LogP) is 2.43. The number of rotatable bonds is 7. The third-order valence-electron chi connectivity index (χ3n) is 5.57. The van der Waals surface area contributed by atoms with Crippen LogP contribution in [0.5, 0.6) is 0 Å². The average molecular weight is 477 g/mol. The van der Waals surface area contributed by atoms with Crippen LogP contribution in [-0.4, -0.2) is 51.0 Å². The van der Waals surface area contributed by atoms with Gasteiger partial charge >= 0.3 is 0 Å². The molecule has 0 radical (unpaired) electrons. The minimum atomic E-state index is -0.130. The predicted molar refractivity (Wildman–Crippen MR) is 112 cm³/mol. The van der Waals surface area contributed by atoms with Gasteiger partial charge in [0, 0.05) is 44.2 Å². The molecule has 0 aromatic heterocycles. The van der Waals surface area contributed by atoms with Crippen LogP contribution in [0.25, 0.3) is 0 Å². The van der Waals surface area contributed by atoms with Crippen molar-refractivity contribution in [2.75, 3.05) is 40.0 Å². The van der Waals surface area contributed by atoms with Gasteiger partial charge in [-0.15, -0.1) is 24.0 Å². The Bertz CT molecular complexity index is 617. The molecule has 1 saturated heterocycles. The smallest absolute Gasteiger partial charge is 0.191 e. The molecule has 2 fully saturated rings. The van der Waals surface area contributed by atoms with Gasteiger partial charge in [0.15, 0.2) is 5.96 Å². The van der Waals surface area contributed by atoms with E-state index in [-0.39, 0.29) is 47.2 Å². The lowest BCUT2D eigenvalue weighted by atomic mass is 9.84. The van der Waals surface area contributed by atoms with Gasteiger partial charge in [-0.2, -0.15) is 0 Å². The zero-order valence-electron chi connectivity index (χ0n) is 15.3. The van der Waals surface area contributed by atoms with Crippen molar-refractivity contribution in [2.24, 2.45) is 10.4 Å². The molecule has 7 heteroatoms. The molecule has 5 nitrogen and oxygen atoms in total. The average Bonchev–Trinajstić information content (AvgIpc) is 3.27. The van der Waals surface area contributed by atoms with Crippen LogP contribution in [0.15, 0.2) is 29.3 Å². The molecule has 1 aromatic carbocycles. The fourth-order valence-corrected chi connectivity index (χ4v) is 3.64. The highest BCUT2D eigenvalue weighted by Crippen LogP contribution is 2.48. The zero-order chi connectivity index (χ0) is 17.8. The van der Waals surface area contributed by atoms with E-state index in [1.54, 1.807) is 13.1 Å². The third-order valence-corrected chi connectivity index (χ3v) is 5.57. The van der Waals surface area contributed by atoms with E-state index in [1.807, 2.05) is 12.1 Å². The normalized spacial score (nSPS) is 24.0. The van der Waals surface area contributed by atoms with Gasteiger partial charge in [-0.3, -0.25) is 4.99 Å². The summed E-state index contributed by atoms with van der Waals surface area (Å²) in [6.45, 7) is 2.94. The Kier molecular flexibility index (Phi) is 7.66. The Labute approximate surface area is 171 Å². The Balaban J connectivity index is 0.00000243. The number of halogens is 2. The summed E-state index contributed by atoms with van der Waals surface area (Å²) in [5.74, 6) is 0.585. The Hall–Kier alpha value is -0.930. The molecule has 1 aliphatic carbocycles. The van der Waals surface area contributed by atoms with Gasteiger partial charge in [0.1, 0.15) is 5.82 Å². The summed E-state index contributed by atoms with van der Waals surface area (Å²) in [7, 11) is 1.74. The molecule has 2 aliphatic rings. The van der Waals surface area contributed by atoms with Gasteiger partial charge in [0.05, 0.1) is 6.61 Å². The first kappa shape index (κ1) is 21.4. The van der Waals surface area contributed by atoms with E-state index in [0.717, 1.165) is 37.9 Å². The van der Waals surface area contributed by atoms with Crippen molar-refractivity contribution in [3.63, 3.8) is 0 Å². The van der Waals surface area contributed by atoms with Gasteiger partial charge in [0.25, 0.3) is 0 Å². The fraction of sp³-hybridized carbons (Fsp3) is 0.632. The number of guanidine groups is 1. The summed E-state index contributed by atoms with van der Waals surface area (Å²) in [4.78, 5) is 4.28. The minimum absolute atomic E-state index is 0. The molecule has 3 N–H and O–H groups in total. The maximum absolute atomic E-state index is 14.1. The summed E-state index contributed by atoms with van der Waals surface area (Å²) < 4.78 is 19.6. The van der Waals surface area contributed by atoms with Gasteiger partial charge in [-0.05, 0) is 37.3 Å². The molecule has 3 rings (SSSR count). The van der Waals surface area contributed by atoms with Crippen molar-refractivity contribution in [1.82, 2.24) is 10.6 Å². The second kappa shape index (κ2) is 9.32. The highest BCUT2D eigenvalue weighted by atomic mass is 127. The molecular weight excluding hydrogens is 448 g/mol. The van der Waals surface area contributed by atoms with Crippen molar-refractivity contribution < 1.29 is 14.2 Å². The number of aliphatic hydroxyl groups is 1. The number of nitrogens with zero attached hydrogens (tertiary/aromatic N) is 1. The van der Waals surface area contributed by atoms with E-state index in [1.165, 1.54) is 6.07 Å². The van der Waals surface area contributed by atoms with Gasteiger partial charge in [-0.1, -0.05) is 18.2 Å². The largest absolute Gasteiger partial charge is 0.396 e. The maximum Gasteiger partial charge on any atom is 0.191 e. The Morgan fingerprint density at radius 2 is 1.96 bits per heavy atom. The lowest BCUT2D eigenvalue weighted by Crippen LogP contribution is -2.46. The number of aliphatic imine (C=N–C) groups is 1. The number of hydrogen-bond donors (Lipinski definition) is 3. The third kappa shape index (κ3) is 4.86. The van der Waals surface area contributed by atoms with E-state index < -0.39 is 0 Å². The SMILES string of the molecule is CN=C(NCC1(CCO)CCOC1)NCC1(c2ccccc2F)CC1.I. The number of ether oxygens (including phenoxy) is 1. The van der Waals surface area contributed by atoms with Crippen molar-refractivity contribution >= 4 is 29.9 Å². The van der Waals surface area contributed by atoms with Crippen LogP contribution in [0.1, 0.15) is 31.2 Å². The first-order valence-electron chi connectivity index (χ1n) is 9.01. The number of nitrogens with one attached hydrogen (secondary N) is 2. The lowest BCUT2D eigenvalue weighted by Gasteiger charge is -2.28. The van der Waals surface area contributed by atoms with Gasteiger partial charge in [-0.25, -0.2) is 4.39 Å². The summed E-state index contributed by atoms with van der Waals surface area (Å²) in [6.07, 6.45) is 3.63. The van der Waals surface area contributed by atoms with Crippen LogP contribution in [-0.2, 0) is 10.2 Å². The van der Waals surface area contributed by atoms with E-state index >= 15 is 0 Å². The topological polar surface area (TPSA) is 65.9 Å². The second-order valence-corrected chi connectivity index (χ2v) is 7.32. The molecule has 26 heavy (non-hydrogen) atoms. The molecule has 0 bridgehead atoms. The Morgan fingerprint density at radius 1 is 1.23 bits per heavy atom. The number of hydrogen-bond acceptors (Lipinski definition) is 3. The van der Waals surface area contributed by atoms with Crippen molar-refractivity contribution in [2.45, 2.75) is 31.1 Å². The van der Waals surface area contributed by atoms with Crippen LogP contribution in [0.3, 0.4) is 0 Å². The van der Waals surface area contributed by atoms with Crippen molar-refractivity contribution in [3.8, 4) is 0 Å². The molecule has 1 heterocycles. The number of benzene rings is 1. The lowest BCUT2D eigenvalue weighted by molar-refractivity contribution is 0.127. The summed E-state index contributed by atoms with van der Waals surface area (Å²) in [5.41, 5.74) is 0.635. The molecule has 0 amide bonds. The Morgan fingerprint density at radius 3 is 2.54 bits per heavy atom. The molecule has 1 unspecified atom stereocenters. The minimum Gasteiger partial charge on any atom is -0.396 e. The van der Waals surface area contributed by atoms with Gasteiger partial charge in [0.2, 0.25) is 0 Å². The van der Waals surface area contributed by atoms with E-state index in [9.17, 15) is 9.50 Å². The first-order valence-corrected chi connectivity index (χ1v) is 9.01. The number of aliphatic hydroxyl groups excluding tert-OH is 1.